The molecule has 2 unspecified atom stereocenters. The molecule has 0 saturated heterocycles. The number of hydrogen-bond acceptors (Lipinski definition) is 10. The summed E-state index contributed by atoms with van der Waals surface area (Å²) in [6, 6.07) is 0. The number of carbonyl (C=O) groups excluding carboxylic acids is 5. The van der Waals surface area contributed by atoms with E-state index < -0.39 is 12.1 Å². The van der Waals surface area contributed by atoms with Crippen molar-refractivity contribution < 1.29 is 47.7 Å². The van der Waals surface area contributed by atoms with Crippen LogP contribution in [0.5, 0.6) is 0 Å². The van der Waals surface area contributed by atoms with Crippen molar-refractivity contribution in [3.8, 4) is 0 Å². The summed E-state index contributed by atoms with van der Waals surface area (Å²) in [5.74, 6) is 2.05. The van der Waals surface area contributed by atoms with Crippen molar-refractivity contribution >= 4 is 29.7 Å². The summed E-state index contributed by atoms with van der Waals surface area (Å²) in [5.41, 5.74) is 0.177. The highest BCUT2D eigenvalue weighted by Gasteiger charge is 2.54. The van der Waals surface area contributed by atoms with Crippen molar-refractivity contribution in [2.45, 2.75) is 259 Å². The van der Waals surface area contributed by atoms with Gasteiger partial charge < -0.3 is 23.7 Å². The minimum Gasteiger partial charge on any atom is -0.462 e. The predicted octanol–water partition coefficient (Wildman–Crippen LogP) is 14.9. The van der Waals surface area contributed by atoms with E-state index in [0.717, 1.165) is 134 Å². The molecule has 0 spiro atoms. The number of unbranched alkanes of at least 4 members (excludes halogenated alkanes) is 11. The van der Waals surface area contributed by atoms with E-state index in [4.69, 9.17) is 23.7 Å². The van der Waals surface area contributed by atoms with Crippen LogP contribution in [0.3, 0.4) is 0 Å². The number of ketones is 1. The lowest BCUT2D eigenvalue weighted by Crippen LogP contribution is -2.43. The zero-order valence-electron chi connectivity index (χ0n) is 44.8. The monoisotopic (exact) mass is 969 g/mol. The molecular weight excluding hydrogens is 869 g/mol. The van der Waals surface area contributed by atoms with Crippen LogP contribution >= 0.6 is 0 Å². The van der Waals surface area contributed by atoms with E-state index in [1.165, 1.54) is 44.9 Å². The van der Waals surface area contributed by atoms with Crippen LogP contribution in [0.25, 0.3) is 0 Å². The zero-order valence-corrected chi connectivity index (χ0v) is 44.8. The van der Waals surface area contributed by atoms with Gasteiger partial charge in [0.05, 0.1) is 6.10 Å². The molecule has 396 valence electrons. The first-order valence-corrected chi connectivity index (χ1v) is 28.5. The number of carbonyl (C=O) groups is 5. The quantitative estimate of drug-likeness (QED) is 0.0194. The molecule has 0 aromatic rings. The molecule has 8 atom stereocenters. The molecule has 0 N–H and O–H groups in total. The smallest absolute Gasteiger partial charge is 0.307 e. The summed E-state index contributed by atoms with van der Waals surface area (Å²) in [6.45, 7) is 12.5. The van der Waals surface area contributed by atoms with Crippen LogP contribution < -0.4 is 0 Å². The second-order valence-corrected chi connectivity index (χ2v) is 21.7. The Morgan fingerprint density at radius 3 is 1.81 bits per heavy atom. The Morgan fingerprint density at radius 2 is 1.22 bits per heavy atom. The minimum absolute atomic E-state index is 0.00744. The van der Waals surface area contributed by atoms with Crippen LogP contribution in [0, 0.1) is 40.9 Å². The van der Waals surface area contributed by atoms with Crippen molar-refractivity contribution in [1.82, 2.24) is 0 Å². The van der Waals surface area contributed by atoms with Crippen molar-refractivity contribution in [3.63, 3.8) is 0 Å². The summed E-state index contributed by atoms with van der Waals surface area (Å²) < 4.78 is 28.4. The minimum atomic E-state index is -0.872. The van der Waals surface area contributed by atoms with E-state index in [1.807, 2.05) is 13.8 Å². The molecule has 0 radical (unpaired) electrons. The molecule has 69 heavy (non-hydrogen) atoms. The molecule has 0 amide bonds. The first-order chi connectivity index (χ1) is 33.4. The van der Waals surface area contributed by atoms with Crippen LogP contribution in [0.15, 0.2) is 24.3 Å². The summed E-state index contributed by atoms with van der Waals surface area (Å²) >= 11 is 0. The van der Waals surface area contributed by atoms with E-state index in [1.54, 1.807) is 0 Å². The predicted molar refractivity (Wildman–Crippen MR) is 276 cm³/mol. The average molecular weight is 969 g/mol. The molecule has 3 aliphatic rings. The van der Waals surface area contributed by atoms with Gasteiger partial charge in [-0.2, -0.15) is 0 Å². The molecular formula is C59H100O10. The van der Waals surface area contributed by atoms with Crippen molar-refractivity contribution in [3.05, 3.63) is 24.3 Å². The van der Waals surface area contributed by atoms with E-state index in [-0.39, 0.29) is 67.7 Å². The van der Waals surface area contributed by atoms with Gasteiger partial charge in [-0.3, -0.25) is 24.0 Å². The third-order valence-corrected chi connectivity index (χ3v) is 16.1. The number of allylic oxidation sites excluding steroid dienone is 4. The molecule has 0 heterocycles. The van der Waals surface area contributed by atoms with Crippen LogP contribution in [-0.4, -0.2) is 61.9 Å². The van der Waals surface area contributed by atoms with Crippen molar-refractivity contribution in [2.24, 2.45) is 40.9 Å². The van der Waals surface area contributed by atoms with E-state index in [2.05, 4.69) is 52.0 Å². The Kier molecular flexibility index (Phi) is 31.4. The van der Waals surface area contributed by atoms with Gasteiger partial charge in [0.2, 0.25) is 0 Å². The highest BCUT2D eigenvalue weighted by atomic mass is 16.7. The van der Waals surface area contributed by atoms with Crippen molar-refractivity contribution in [1.29, 1.82) is 0 Å². The van der Waals surface area contributed by atoms with Gasteiger partial charge in [0.15, 0.2) is 12.9 Å². The SMILES string of the molecule is CC/C=C\CCCCCCCC(=O)OCC(COC(=O)CCCCCCC/C=C\CC)OC(=O)CC(C)CCCCC(=O)OCO[C@@H]1CCC[C@@H](CC[C@@H]2[C@@H](CC)CC[C@]3(C)C(C(C)=O)CC[C@@H]23)C1. The molecule has 0 bridgehead atoms. The fraction of sp³-hybridized carbons (Fsp3) is 0.847. The molecule has 0 aromatic carbocycles. The van der Waals surface area contributed by atoms with Gasteiger partial charge in [0, 0.05) is 31.6 Å². The number of Topliss-reactive ketones (excluding diaryl/α,β-unsaturated/α-hetero) is 1. The topological polar surface area (TPSA) is 132 Å². The number of rotatable bonds is 38. The highest BCUT2D eigenvalue weighted by molar-refractivity contribution is 5.79. The Labute approximate surface area is 420 Å². The van der Waals surface area contributed by atoms with E-state index >= 15 is 0 Å². The highest BCUT2D eigenvalue weighted by Crippen LogP contribution is 2.60. The van der Waals surface area contributed by atoms with Gasteiger partial charge in [-0.25, -0.2) is 0 Å². The lowest BCUT2D eigenvalue weighted by atomic mass is 9.56. The van der Waals surface area contributed by atoms with Crippen LogP contribution in [0.4, 0.5) is 0 Å². The normalized spacial score (nSPS) is 24.1. The van der Waals surface area contributed by atoms with E-state index in [0.29, 0.717) is 49.2 Å². The molecule has 10 heteroatoms. The van der Waals surface area contributed by atoms with Gasteiger partial charge >= 0.3 is 23.9 Å². The zero-order chi connectivity index (χ0) is 50.1. The Morgan fingerprint density at radius 1 is 0.638 bits per heavy atom. The lowest BCUT2D eigenvalue weighted by molar-refractivity contribution is -0.167. The Balaban J connectivity index is 1.32. The molecule has 10 nitrogen and oxygen atoms in total. The van der Waals surface area contributed by atoms with Crippen LogP contribution in [0.2, 0.25) is 0 Å². The largest absolute Gasteiger partial charge is 0.462 e. The number of esters is 4. The van der Waals surface area contributed by atoms with Gasteiger partial charge in [-0.1, -0.05) is 136 Å². The molecule has 3 saturated carbocycles. The molecule has 3 fully saturated rings. The Bertz CT molecular complexity index is 1460. The van der Waals surface area contributed by atoms with Gasteiger partial charge in [0.25, 0.3) is 0 Å². The van der Waals surface area contributed by atoms with E-state index in [9.17, 15) is 24.0 Å². The van der Waals surface area contributed by atoms with Crippen molar-refractivity contribution in [2.75, 3.05) is 20.0 Å². The first-order valence-electron chi connectivity index (χ1n) is 28.5. The second kappa shape index (κ2) is 36.0. The number of hydrogen-bond donors (Lipinski definition) is 0. The average Bonchev–Trinajstić information content (AvgIpc) is 3.69. The first kappa shape index (κ1) is 60.3. The molecule has 3 aliphatic carbocycles. The third kappa shape index (κ3) is 24.8. The summed E-state index contributed by atoms with van der Waals surface area (Å²) in [6.07, 6.45) is 38.6. The fourth-order valence-electron chi connectivity index (χ4n) is 12.0. The number of fused-ring (bicyclic) bond motifs is 1. The molecule has 0 aliphatic heterocycles. The van der Waals surface area contributed by atoms with Crippen LogP contribution in [0.1, 0.15) is 247 Å². The summed E-state index contributed by atoms with van der Waals surface area (Å²) in [4.78, 5) is 63.5. The van der Waals surface area contributed by atoms with Crippen LogP contribution in [-0.2, 0) is 47.7 Å². The third-order valence-electron chi connectivity index (χ3n) is 16.1. The standard InChI is InChI=1S/C59H100O10/c1-7-10-12-14-16-18-20-22-24-32-55(61)65-43-51(44-66-56(62)33-25-23-21-19-17-15-13-11-8-2)69-58(64)41-46(4)29-26-27-34-57(63)68-45-67-50-31-28-30-48(42-50)35-36-52-49(9-3)39-40-59(6)53(47(5)60)37-38-54(52)59/h10-13,46,48-54H,7-9,14-45H2,1-6H3/b12-10-,13-11-/t46?,48-,49-,50+,52+,53?,54-,59+/m0/s1. The molecule has 3 rings (SSSR count). The molecule has 0 aromatic heterocycles. The van der Waals surface area contributed by atoms with Gasteiger partial charge in [-0.15, -0.1) is 0 Å². The maximum absolute atomic E-state index is 13.1. The lowest BCUT2D eigenvalue weighted by Gasteiger charge is -2.49. The second-order valence-electron chi connectivity index (χ2n) is 21.7. The summed E-state index contributed by atoms with van der Waals surface area (Å²) in [7, 11) is 0. The maximum Gasteiger partial charge on any atom is 0.307 e. The number of ether oxygens (including phenoxy) is 5. The summed E-state index contributed by atoms with van der Waals surface area (Å²) in [5, 5.41) is 0. The fourth-order valence-corrected chi connectivity index (χ4v) is 12.0. The maximum atomic E-state index is 13.1. The van der Waals surface area contributed by atoms with Gasteiger partial charge in [0.1, 0.15) is 19.0 Å². The van der Waals surface area contributed by atoms with Gasteiger partial charge in [-0.05, 0) is 145 Å². The Hall–Kier alpha value is -3.01.